The molecule has 0 bridgehead atoms. The summed E-state index contributed by atoms with van der Waals surface area (Å²) < 4.78 is 40.0. The van der Waals surface area contributed by atoms with Crippen LogP contribution in [0.1, 0.15) is 16.8 Å². The Kier molecular flexibility index (Phi) is 4.97. The first kappa shape index (κ1) is 20.2. The highest BCUT2D eigenvalue weighted by molar-refractivity contribution is 6.21. The van der Waals surface area contributed by atoms with Crippen molar-refractivity contribution in [2.75, 3.05) is 5.32 Å². The van der Waals surface area contributed by atoms with Gasteiger partial charge in [-0.05, 0) is 24.3 Å². The van der Waals surface area contributed by atoms with Crippen LogP contribution in [0.3, 0.4) is 0 Å². The van der Waals surface area contributed by atoms with Crippen LogP contribution in [0.25, 0.3) is 11.6 Å². The van der Waals surface area contributed by atoms with Gasteiger partial charge in [0.1, 0.15) is 12.2 Å². The first-order valence-corrected chi connectivity index (χ1v) is 9.07. The first-order valence-electron chi connectivity index (χ1n) is 9.07. The molecule has 1 amide bonds. The minimum absolute atomic E-state index is 0.0478. The summed E-state index contributed by atoms with van der Waals surface area (Å²) in [5, 5.41) is 12.5. The van der Waals surface area contributed by atoms with Crippen molar-refractivity contribution in [3.63, 3.8) is 0 Å². The molecule has 3 N–H and O–H groups in total. The van der Waals surface area contributed by atoms with E-state index in [1.807, 2.05) is 24.3 Å². The zero-order valence-electron chi connectivity index (χ0n) is 15.8. The minimum atomic E-state index is -4.66. The number of anilines is 1. The van der Waals surface area contributed by atoms with E-state index in [0.29, 0.717) is 5.57 Å². The van der Waals surface area contributed by atoms with Crippen LogP contribution >= 0.6 is 0 Å². The Morgan fingerprint density at radius 2 is 1.87 bits per heavy atom. The van der Waals surface area contributed by atoms with Gasteiger partial charge in [0.25, 0.3) is 0 Å². The molecule has 0 radical (unpaired) electrons. The number of hydrogen-bond acceptors (Lipinski definition) is 4. The van der Waals surface area contributed by atoms with E-state index in [-0.39, 0.29) is 5.69 Å². The summed E-state index contributed by atoms with van der Waals surface area (Å²) in [5.41, 5.74) is -0.0150. The molecule has 0 saturated heterocycles. The number of carbonyl (C=O) groups is 1. The second-order valence-electron chi connectivity index (χ2n) is 6.72. The van der Waals surface area contributed by atoms with Gasteiger partial charge in [-0.3, -0.25) is 14.4 Å². The summed E-state index contributed by atoms with van der Waals surface area (Å²) >= 11 is 0. The smallest absolute Gasteiger partial charge is 0.418 e. The topological polar surface area (TPSA) is 99.5 Å². The van der Waals surface area contributed by atoms with Crippen LogP contribution in [0.15, 0.2) is 58.3 Å². The molecule has 1 aromatic heterocycles. The number of nitrogens with one attached hydrogen (secondary N) is 2. The van der Waals surface area contributed by atoms with Crippen molar-refractivity contribution in [1.82, 2.24) is 9.55 Å². The third kappa shape index (κ3) is 4.00. The molecule has 2 aromatic carbocycles. The van der Waals surface area contributed by atoms with Crippen molar-refractivity contribution < 1.29 is 23.1 Å². The number of hydrogen-bond donors (Lipinski definition) is 3. The van der Waals surface area contributed by atoms with Crippen LogP contribution in [-0.2, 0) is 17.5 Å². The Hall–Kier alpha value is -4.08. The fraction of sp³-hybridized carbons (Fsp3) is 0.0952. The number of rotatable bonds is 4. The number of aromatic amines is 1. The lowest BCUT2D eigenvalue weighted by atomic mass is 10.1. The van der Waals surface area contributed by atoms with Crippen LogP contribution in [-0.4, -0.2) is 26.8 Å². The SMILES string of the molecule is O=C(Cn1c(O)c(/C=C2/C=Nc3ccccc32)[nH]c1=O)Nc1ccccc1C(F)(F)F. The molecule has 2 heterocycles. The third-order valence-corrected chi connectivity index (χ3v) is 4.65. The largest absolute Gasteiger partial charge is 0.493 e. The summed E-state index contributed by atoms with van der Waals surface area (Å²) in [4.78, 5) is 31.2. The summed E-state index contributed by atoms with van der Waals surface area (Å²) in [6.45, 7) is -0.679. The lowest BCUT2D eigenvalue weighted by Gasteiger charge is -2.13. The van der Waals surface area contributed by atoms with E-state index in [9.17, 15) is 27.9 Å². The second kappa shape index (κ2) is 7.63. The average Bonchev–Trinajstić information content (AvgIpc) is 3.24. The molecule has 0 fully saturated rings. The summed E-state index contributed by atoms with van der Waals surface area (Å²) in [6, 6.07) is 11.8. The normalized spacial score (nSPS) is 14.1. The summed E-state index contributed by atoms with van der Waals surface area (Å²) in [5.74, 6) is -1.42. The summed E-state index contributed by atoms with van der Waals surface area (Å²) in [7, 11) is 0. The van der Waals surface area contributed by atoms with E-state index in [2.05, 4.69) is 15.3 Å². The number of benzene rings is 2. The van der Waals surface area contributed by atoms with Gasteiger partial charge < -0.3 is 15.4 Å². The van der Waals surface area contributed by atoms with Crippen molar-refractivity contribution in [3.05, 3.63) is 75.8 Å². The quantitative estimate of drug-likeness (QED) is 0.590. The van der Waals surface area contributed by atoms with Crippen molar-refractivity contribution in [3.8, 4) is 5.88 Å². The fourth-order valence-corrected chi connectivity index (χ4v) is 3.21. The monoisotopic (exact) mass is 428 g/mol. The predicted octanol–water partition coefficient (Wildman–Crippen LogP) is 3.80. The lowest BCUT2D eigenvalue weighted by molar-refractivity contribution is -0.137. The number of amides is 1. The Morgan fingerprint density at radius 3 is 2.65 bits per heavy atom. The lowest BCUT2D eigenvalue weighted by Crippen LogP contribution is -2.26. The molecule has 4 rings (SSSR count). The van der Waals surface area contributed by atoms with Gasteiger partial charge in [0, 0.05) is 17.4 Å². The molecule has 3 aromatic rings. The number of fused-ring (bicyclic) bond motifs is 1. The Morgan fingerprint density at radius 1 is 1.16 bits per heavy atom. The highest BCUT2D eigenvalue weighted by atomic mass is 19.4. The van der Waals surface area contributed by atoms with E-state index >= 15 is 0 Å². The fourth-order valence-electron chi connectivity index (χ4n) is 3.21. The molecular formula is C21H15F3N4O3. The van der Waals surface area contributed by atoms with Crippen LogP contribution < -0.4 is 11.0 Å². The van der Waals surface area contributed by atoms with Gasteiger partial charge in [-0.2, -0.15) is 13.2 Å². The van der Waals surface area contributed by atoms with Gasteiger partial charge in [-0.25, -0.2) is 4.79 Å². The maximum Gasteiger partial charge on any atom is 0.418 e. The second-order valence-corrected chi connectivity index (χ2v) is 6.72. The highest BCUT2D eigenvalue weighted by Gasteiger charge is 2.33. The first-order chi connectivity index (χ1) is 14.7. The number of H-pyrrole nitrogens is 1. The molecule has 31 heavy (non-hydrogen) atoms. The molecule has 1 aliphatic heterocycles. The van der Waals surface area contributed by atoms with E-state index in [0.717, 1.165) is 28.0 Å². The maximum absolute atomic E-state index is 13.1. The number of nitrogens with zero attached hydrogens (tertiary/aromatic N) is 2. The van der Waals surface area contributed by atoms with Crippen LogP contribution in [0.2, 0.25) is 0 Å². The van der Waals surface area contributed by atoms with E-state index in [1.54, 1.807) is 6.21 Å². The van der Waals surface area contributed by atoms with Gasteiger partial charge in [0.05, 0.1) is 16.9 Å². The van der Waals surface area contributed by atoms with Gasteiger partial charge in [0.2, 0.25) is 11.8 Å². The molecule has 0 aliphatic carbocycles. The van der Waals surface area contributed by atoms with Gasteiger partial charge in [-0.1, -0.05) is 30.3 Å². The van der Waals surface area contributed by atoms with Gasteiger partial charge in [0.15, 0.2) is 0 Å². The van der Waals surface area contributed by atoms with E-state index in [1.165, 1.54) is 18.2 Å². The molecule has 0 unspecified atom stereocenters. The van der Waals surface area contributed by atoms with Crippen molar-refractivity contribution in [2.24, 2.45) is 4.99 Å². The molecule has 10 heteroatoms. The number of imidazole rings is 1. The van der Waals surface area contributed by atoms with Crippen LogP contribution in [0.4, 0.5) is 24.5 Å². The Balaban J connectivity index is 1.57. The van der Waals surface area contributed by atoms with Gasteiger partial charge in [-0.15, -0.1) is 0 Å². The summed E-state index contributed by atoms with van der Waals surface area (Å²) in [6.07, 6.45) is -1.59. The number of para-hydroxylation sites is 2. The molecule has 0 saturated carbocycles. The van der Waals surface area contributed by atoms with E-state index < -0.39 is 41.4 Å². The third-order valence-electron chi connectivity index (χ3n) is 4.65. The van der Waals surface area contributed by atoms with Crippen molar-refractivity contribution in [2.45, 2.75) is 12.7 Å². The number of halogens is 3. The molecular weight excluding hydrogens is 413 g/mol. The average molecular weight is 428 g/mol. The van der Waals surface area contributed by atoms with E-state index in [4.69, 9.17) is 0 Å². The van der Waals surface area contributed by atoms with Crippen molar-refractivity contribution >= 4 is 35.1 Å². The number of aromatic nitrogens is 2. The van der Waals surface area contributed by atoms with Crippen LogP contribution in [0, 0.1) is 0 Å². The van der Waals surface area contributed by atoms with Gasteiger partial charge >= 0.3 is 11.9 Å². The molecule has 158 valence electrons. The molecule has 0 spiro atoms. The zero-order valence-corrected chi connectivity index (χ0v) is 15.8. The number of alkyl halides is 3. The molecule has 1 aliphatic rings. The standard InChI is InChI=1S/C21H15F3N4O3/c22-21(23,24)14-6-2-4-8-16(14)26-18(29)11-28-19(30)17(27-20(28)31)9-12-10-25-15-7-3-1-5-13(12)15/h1-10,30H,11H2,(H,26,29)(H,27,31)/b12-9-. The molecule has 0 atom stereocenters. The minimum Gasteiger partial charge on any atom is -0.493 e. The number of allylic oxidation sites excluding steroid dienone is 1. The highest BCUT2D eigenvalue weighted by Crippen LogP contribution is 2.35. The Labute approximate surface area is 173 Å². The Bertz CT molecular complexity index is 1290. The number of carbonyl (C=O) groups excluding carboxylic acids is 1. The zero-order chi connectivity index (χ0) is 22.2. The van der Waals surface area contributed by atoms with Crippen LogP contribution in [0.5, 0.6) is 5.88 Å². The number of aliphatic imine (C=N–C) groups is 1. The maximum atomic E-state index is 13.1. The number of aromatic hydroxyl groups is 1. The molecule has 7 nitrogen and oxygen atoms in total. The van der Waals surface area contributed by atoms with Crippen molar-refractivity contribution in [1.29, 1.82) is 0 Å². The predicted molar refractivity (Wildman–Crippen MR) is 109 cm³/mol.